The maximum absolute atomic E-state index is 13.8. The van der Waals surface area contributed by atoms with Crippen molar-refractivity contribution in [1.29, 1.82) is 5.26 Å². The number of aromatic nitrogens is 2. The number of benzene rings is 1. The molecule has 0 atom stereocenters. The predicted octanol–water partition coefficient (Wildman–Crippen LogP) is 2.09. The highest BCUT2D eigenvalue weighted by molar-refractivity contribution is 5.33. The molecule has 1 aromatic heterocycles. The minimum atomic E-state index is -0.355. The van der Waals surface area contributed by atoms with Crippen molar-refractivity contribution in [2.24, 2.45) is 0 Å². The van der Waals surface area contributed by atoms with E-state index in [0.29, 0.717) is 17.7 Å². The quantitative estimate of drug-likeness (QED) is 0.819. The number of nitriles is 1. The molecule has 4 nitrogen and oxygen atoms in total. The van der Waals surface area contributed by atoms with E-state index in [-0.39, 0.29) is 5.82 Å². The number of likely N-dealkylation sites (N-methyl/N-ethyl adjacent to an activating group) is 1. The number of halogens is 1. The normalized spacial score (nSPS) is 10.4. The Morgan fingerprint density at radius 2 is 2.30 bits per heavy atom. The van der Waals surface area contributed by atoms with Gasteiger partial charge >= 0.3 is 0 Å². The van der Waals surface area contributed by atoms with Crippen LogP contribution in [-0.4, -0.2) is 22.6 Å². The standard InChI is InChI=1S/C15H17FN4/c1-2-18-6-5-14-10-20(11-19-14)9-13-4-3-12(8-17)7-15(13)16/h3-4,7,10-11,18H,2,5-6,9H2,1H3. The van der Waals surface area contributed by atoms with E-state index in [1.807, 2.05) is 16.8 Å². The van der Waals surface area contributed by atoms with Gasteiger partial charge < -0.3 is 9.88 Å². The van der Waals surface area contributed by atoms with Crippen LogP contribution in [0.1, 0.15) is 23.7 Å². The molecule has 0 aliphatic heterocycles. The van der Waals surface area contributed by atoms with Crippen LogP contribution in [-0.2, 0) is 13.0 Å². The molecule has 0 amide bonds. The highest BCUT2D eigenvalue weighted by atomic mass is 19.1. The summed E-state index contributed by atoms with van der Waals surface area (Å²) in [6.07, 6.45) is 4.49. The summed E-state index contributed by atoms with van der Waals surface area (Å²) >= 11 is 0. The molecule has 1 aromatic carbocycles. The summed E-state index contributed by atoms with van der Waals surface area (Å²) in [6.45, 7) is 4.31. The number of nitrogens with zero attached hydrogens (tertiary/aromatic N) is 3. The van der Waals surface area contributed by atoms with E-state index in [1.54, 1.807) is 18.5 Å². The Balaban J connectivity index is 2.01. The lowest BCUT2D eigenvalue weighted by atomic mass is 10.1. The molecule has 0 bridgehead atoms. The molecule has 0 radical (unpaired) electrons. The number of imidazole rings is 1. The largest absolute Gasteiger partial charge is 0.333 e. The molecule has 0 unspecified atom stereocenters. The van der Waals surface area contributed by atoms with Gasteiger partial charge in [0.2, 0.25) is 0 Å². The highest BCUT2D eigenvalue weighted by Gasteiger charge is 2.05. The third kappa shape index (κ3) is 3.65. The lowest BCUT2D eigenvalue weighted by molar-refractivity contribution is 0.599. The van der Waals surface area contributed by atoms with Gasteiger partial charge in [-0.15, -0.1) is 0 Å². The van der Waals surface area contributed by atoms with E-state index in [9.17, 15) is 4.39 Å². The molecule has 2 rings (SSSR count). The monoisotopic (exact) mass is 272 g/mol. The topological polar surface area (TPSA) is 53.6 Å². The lowest BCUT2D eigenvalue weighted by Crippen LogP contribution is -2.16. The Kier molecular flexibility index (Phi) is 4.85. The molecule has 2 aromatic rings. The molecule has 0 saturated heterocycles. The average Bonchev–Trinajstić information content (AvgIpc) is 2.89. The third-order valence-corrected chi connectivity index (χ3v) is 3.03. The van der Waals surface area contributed by atoms with Gasteiger partial charge in [0, 0.05) is 24.7 Å². The predicted molar refractivity (Wildman–Crippen MR) is 74.7 cm³/mol. The van der Waals surface area contributed by atoms with E-state index in [2.05, 4.69) is 17.2 Å². The maximum atomic E-state index is 13.8. The minimum Gasteiger partial charge on any atom is -0.333 e. The van der Waals surface area contributed by atoms with Gasteiger partial charge in [-0.05, 0) is 18.7 Å². The molecule has 5 heteroatoms. The molecule has 0 aliphatic rings. The van der Waals surface area contributed by atoms with Crippen LogP contribution in [0.15, 0.2) is 30.7 Å². The van der Waals surface area contributed by atoms with Crippen LogP contribution in [0.2, 0.25) is 0 Å². The van der Waals surface area contributed by atoms with Gasteiger partial charge in [-0.2, -0.15) is 5.26 Å². The SMILES string of the molecule is CCNCCc1cn(Cc2ccc(C#N)cc2F)cn1. The van der Waals surface area contributed by atoms with Crippen LogP contribution >= 0.6 is 0 Å². The van der Waals surface area contributed by atoms with Gasteiger partial charge in [-0.1, -0.05) is 13.0 Å². The second-order valence-electron chi connectivity index (χ2n) is 4.56. The molecule has 0 saturated carbocycles. The van der Waals surface area contributed by atoms with Gasteiger partial charge in [0.15, 0.2) is 0 Å². The van der Waals surface area contributed by atoms with Crippen LogP contribution in [0.3, 0.4) is 0 Å². The number of rotatable bonds is 6. The van der Waals surface area contributed by atoms with E-state index in [1.165, 1.54) is 6.07 Å². The molecule has 20 heavy (non-hydrogen) atoms. The Hall–Kier alpha value is -2.19. The van der Waals surface area contributed by atoms with Crippen molar-refractivity contribution >= 4 is 0 Å². The van der Waals surface area contributed by atoms with Gasteiger partial charge in [-0.25, -0.2) is 9.37 Å². The van der Waals surface area contributed by atoms with E-state index in [4.69, 9.17) is 5.26 Å². The maximum Gasteiger partial charge on any atom is 0.129 e. The molecule has 0 spiro atoms. The zero-order valence-electron chi connectivity index (χ0n) is 11.4. The van der Waals surface area contributed by atoms with Crippen LogP contribution in [0.4, 0.5) is 4.39 Å². The minimum absolute atomic E-state index is 0.336. The summed E-state index contributed by atoms with van der Waals surface area (Å²) in [7, 11) is 0. The second kappa shape index (κ2) is 6.83. The molecule has 1 heterocycles. The van der Waals surface area contributed by atoms with Gasteiger partial charge in [0.1, 0.15) is 5.82 Å². The molecule has 0 aliphatic carbocycles. The number of hydrogen-bond donors (Lipinski definition) is 1. The first-order valence-electron chi connectivity index (χ1n) is 6.63. The van der Waals surface area contributed by atoms with Gasteiger partial charge in [-0.3, -0.25) is 0 Å². The van der Waals surface area contributed by atoms with Crippen LogP contribution < -0.4 is 5.32 Å². The fourth-order valence-corrected chi connectivity index (χ4v) is 1.96. The fourth-order valence-electron chi connectivity index (χ4n) is 1.96. The van der Waals surface area contributed by atoms with E-state index < -0.39 is 0 Å². The smallest absolute Gasteiger partial charge is 0.129 e. The summed E-state index contributed by atoms with van der Waals surface area (Å²) in [5, 5.41) is 11.9. The summed E-state index contributed by atoms with van der Waals surface area (Å²) in [5.41, 5.74) is 1.88. The van der Waals surface area contributed by atoms with Crippen molar-refractivity contribution in [3.63, 3.8) is 0 Å². The van der Waals surface area contributed by atoms with Crippen molar-refractivity contribution in [1.82, 2.24) is 14.9 Å². The van der Waals surface area contributed by atoms with Crippen LogP contribution in [0, 0.1) is 17.1 Å². The molecule has 0 fully saturated rings. The first kappa shape index (κ1) is 14.2. The Morgan fingerprint density at radius 3 is 3.00 bits per heavy atom. The van der Waals surface area contributed by atoms with Crippen molar-refractivity contribution in [2.75, 3.05) is 13.1 Å². The summed E-state index contributed by atoms with van der Waals surface area (Å²) in [4.78, 5) is 4.30. The van der Waals surface area contributed by atoms with E-state index >= 15 is 0 Å². The summed E-state index contributed by atoms with van der Waals surface area (Å²) in [6, 6.07) is 6.46. The molecular weight excluding hydrogens is 255 g/mol. The number of hydrogen-bond acceptors (Lipinski definition) is 3. The third-order valence-electron chi connectivity index (χ3n) is 3.03. The van der Waals surface area contributed by atoms with Crippen molar-refractivity contribution in [3.8, 4) is 6.07 Å². The molecular formula is C15H17FN4. The molecule has 1 N–H and O–H groups in total. The fraction of sp³-hybridized carbons (Fsp3) is 0.333. The first-order chi connectivity index (χ1) is 9.72. The highest BCUT2D eigenvalue weighted by Crippen LogP contribution is 2.12. The lowest BCUT2D eigenvalue weighted by Gasteiger charge is -2.04. The van der Waals surface area contributed by atoms with Crippen molar-refractivity contribution in [3.05, 3.63) is 53.4 Å². The number of nitrogens with one attached hydrogen (secondary N) is 1. The Morgan fingerprint density at radius 1 is 1.45 bits per heavy atom. The summed E-state index contributed by atoms with van der Waals surface area (Å²) in [5.74, 6) is -0.355. The van der Waals surface area contributed by atoms with Crippen LogP contribution in [0.5, 0.6) is 0 Å². The van der Waals surface area contributed by atoms with Crippen molar-refractivity contribution in [2.45, 2.75) is 19.9 Å². The Labute approximate surface area is 117 Å². The van der Waals surface area contributed by atoms with Gasteiger partial charge in [0.25, 0.3) is 0 Å². The Bertz CT molecular complexity index is 613. The zero-order valence-corrected chi connectivity index (χ0v) is 11.4. The second-order valence-corrected chi connectivity index (χ2v) is 4.56. The zero-order chi connectivity index (χ0) is 14.4. The first-order valence-corrected chi connectivity index (χ1v) is 6.63. The molecule has 104 valence electrons. The average molecular weight is 272 g/mol. The van der Waals surface area contributed by atoms with E-state index in [0.717, 1.165) is 25.2 Å². The van der Waals surface area contributed by atoms with Gasteiger partial charge in [0.05, 0.1) is 30.2 Å². The summed E-state index contributed by atoms with van der Waals surface area (Å²) < 4.78 is 15.6. The van der Waals surface area contributed by atoms with Crippen molar-refractivity contribution < 1.29 is 4.39 Å². The van der Waals surface area contributed by atoms with Crippen LogP contribution in [0.25, 0.3) is 0 Å².